The molecular formula is C42H34N4O18. The molecule has 2 heterocycles. The lowest BCUT2D eigenvalue weighted by Gasteiger charge is -2.36. The lowest BCUT2D eigenvalue weighted by Crippen LogP contribution is -2.33. The molecule has 0 aromatic heterocycles. The highest BCUT2D eigenvalue weighted by Gasteiger charge is 2.54. The third-order valence-electron chi connectivity index (χ3n) is 9.47. The van der Waals surface area contributed by atoms with Crippen molar-refractivity contribution in [3.05, 3.63) is 150 Å². The number of nitrogens with two attached hydrogens (primary N) is 2. The average Bonchev–Trinajstić information content (AvgIpc) is 3.55. The largest absolute Gasteiger partial charge is 0.489 e. The minimum absolute atomic E-state index is 0.0493. The Hall–Kier alpha value is -8.79. The van der Waals surface area contributed by atoms with Gasteiger partial charge in [-0.3, -0.25) is 25.0 Å². The number of esters is 1. The van der Waals surface area contributed by atoms with Gasteiger partial charge >= 0.3 is 23.9 Å². The molecule has 0 radical (unpaired) electrons. The summed E-state index contributed by atoms with van der Waals surface area (Å²) in [6, 6.07) is 19.9. The third kappa shape index (κ3) is 9.40. The maximum atomic E-state index is 13.6. The predicted octanol–water partition coefficient (Wildman–Crippen LogP) is 4.67. The summed E-state index contributed by atoms with van der Waals surface area (Å²) in [4.78, 5) is 79.8. The molecule has 2 aliphatic rings. The first-order valence-corrected chi connectivity index (χ1v) is 18.5. The molecule has 22 nitrogen and oxygen atoms in total. The summed E-state index contributed by atoms with van der Waals surface area (Å²) in [6.45, 7) is -0.591. The molecule has 0 saturated carbocycles. The zero-order chi connectivity index (χ0) is 46.5. The number of carbonyl (C=O) groups excluding carboxylic acids is 2. The van der Waals surface area contributed by atoms with Crippen LogP contribution in [0.3, 0.4) is 0 Å². The normalized spacial score (nSPS) is 12.9. The second kappa shape index (κ2) is 18.4. The molecule has 0 unspecified atom stereocenters. The molecule has 1 amide bonds. The number of hydrogen-bond acceptors (Lipinski definition) is 16. The Morgan fingerprint density at radius 2 is 1.12 bits per heavy atom. The molecule has 5 aromatic rings. The van der Waals surface area contributed by atoms with Crippen molar-refractivity contribution in [3.63, 3.8) is 0 Å². The van der Waals surface area contributed by atoms with Gasteiger partial charge in [0.25, 0.3) is 11.4 Å². The maximum Gasteiger partial charge on any atom is 0.341 e. The highest BCUT2D eigenvalue weighted by Crippen LogP contribution is 2.57. The average molecular weight is 883 g/mol. The second-order valence-corrected chi connectivity index (χ2v) is 13.8. The molecule has 0 saturated heterocycles. The number of ether oxygens (including phenoxy) is 6. The number of hydrogen-bond donors (Lipinski definition) is 5. The van der Waals surface area contributed by atoms with E-state index in [2.05, 4.69) is 5.73 Å². The smallest absolute Gasteiger partial charge is 0.341 e. The van der Waals surface area contributed by atoms with Gasteiger partial charge in [0.15, 0.2) is 18.8 Å². The molecule has 330 valence electrons. The van der Waals surface area contributed by atoms with Gasteiger partial charge in [0.05, 0.1) is 38.1 Å². The molecule has 1 spiro atoms. The van der Waals surface area contributed by atoms with Gasteiger partial charge in [-0.25, -0.2) is 19.2 Å². The number of aromatic carboxylic acids is 1. The topological polar surface area (TPSA) is 340 Å². The number of aliphatic carboxylic acids is 2. The summed E-state index contributed by atoms with van der Waals surface area (Å²) in [7, 11) is 0. The number of fused-ring (bicyclic) bond motifs is 6. The number of carboxylic acid groups (broad SMARTS) is 3. The van der Waals surface area contributed by atoms with Gasteiger partial charge in [-0.05, 0) is 61.5 Å². The Balaban J connectivity index is 0.00000106. The van der Waals surface area contributed by atoms with Crippen LogP contribution in [-0.2, 0) is 37.9 Å². The minimum atomic E-state index is -1.76. The summed E-state index contributed by atoms with van der Waals surface area (Å²) in [6.07, 6.45) is 0. The van der Waals surface area contributed by atoms with Crippen LogP contribution in [0.1, 0.15) is 55.5 Å². The summed E-state index contributed by atoms with van der Waals surface area (Å²) >= 11 is 0. The Morgan fingerprint density at radius 3 is 1.53 bits per heavy atom. The van der Waals surface area contributed by atoms with E-state index in [0.717, 1.165) is 12.1 Å². The molecule has 7 N–H and O–H groups in total. The maximum absolute atomic E-state index is 13.6. The van der Waals surface area contributed by atoms with Crippen molar-refractivity contribution in [2.24, 2.45) is 11.5 Å². The highest BCUT2D eigenvalue weighted by molar-refractivity contribution is 6.06. The molecule has 2 aliphatic heterocycles. The van der Waals surface area contributed by atoms with Crippen LogP contribution >= 0.6 is 0 Å². The van der Waals surface area contributed by atoms with Crippen LogP contribution in [0.25, 0.3) is 0 Å². The van der Waals surface area contributed by atoms with Gasteiger partial charge in [-0.15, -0.1) is 0 Å². The van der Waals surface area contributed by atoms with Crippen molar-refractivity contribution in [1.82, 2.24) is 0 Å². The zero-order valence-electron chi connectivity index (χ0n) is 33.1. The Labute approximate surface area is 359 Å². The van der Waals surface area contributed by atoms with Crippen LogP contribution in [0.4, 0.5) is 11.4 Å². The van der Waals surface area contributed by atoms with E-state index in [1.54, 1.807) is 6.92 Å². The van der Waals surface area contributed by atoms with Crippen molar-refractivity contribution in [3.8, 4) is 34.5 Å². The molecule has 5 aromatic carbocycles. The van der Waals surface area contributed by atoms with E-state index in [0.29, 0.717) is 0 Å². The Kier molecular flexibility index (Phi) is 12.9. The third-order valence-corrected chi connectivity index (χ3v) is 9.47. The highest BCUT2D eigenvalue weighted by atomic mass is 16.6. The van der Waals surface area contributed by atoms with Gasteiger partial charge in [-0.1, -0.05) is 12.1 Å². The van der Waals surface area contributed by atoms with Crippen molar-refractivity contribution < 1.29 is 77.6 Å². The van der Waals surface area contributed by atoms with Crippen LogP contribution in [0, 0.1) is 20.2 Å². The van der Waals surface area contributed by atoms with E-state index in [-0.39, 0.29) is 98.0 Å². The molecule has 22 heteroatoms. The SMILES string of the molecule is C[C@H](N)C(N)=O.O=C(O)COc1ccc([N+](=O)[O-])c(COc2ccc3c(c2)Oc2cc(OCc4cc(OCC(=O)O)ccc4[N+](=O)[O-])ccc2C32OC(=O)c3c(C(=O)O)cccc32)c1. The van der Waals surface area contributed by atoms with Gasteiger partial charge in [0, 0.05) is 41.0 Å². The van der Waals surface area contributed by atoms with Crippen molar-refractivity contribution >= 4 is 41.2 Å². The van der Waals surface area contributed by atoms with E-state index >= 15 is 0 Å². The number of benzene rings is 5. The fourth-order valence-electron chi connectivity index (χ4n) is 6.59. The zero-order valence-corrected chi connectivity index (χ0v) is 33.1. The number of nitro groups is 2. The van der Waals surface area contributed by atoms with Gasteiger partial charge in [0.1, 0.15) is 47.7 Å². The van der Waals surface area contributed by atoms with E-state index in [4.69, 9.17) is 44.4 Å². The molecule has 1 atom stereocenters. The first-order chi connectivity index (χ1) is 30.4. The summed E-state index contributed by atoms with van der Waals surface area (Å²) in [5.74, 6) is -4.80. The van der Waals surface area contributed by atoms with Crippen LogP contribution < -0.4 is 35.2 Å². The van der Waals surface area contributed by atoms with E-state index < -0.39 is 64.5 Å². The van der Waals surface area contributed by atoms with E-state index in [1.165, 1.54) is 78.9 Å². The number of nitro benzene ring substituents is 2. The number of nitrogens with zero attached hydrogens (tertiary/aromatic N) is 2. The van der Waals surface area contributed by atoms with Crippen molar-refractivity contribution in [1.29, 1.82) is 0 Å². The molecular weight excluding hydrogens is 848 g/mol. The van der Waals surface area contributed by atoms with Crippen molar-refractivity contribution in [2.45, 2.75) is 31.8 Å². The summed E-state index contributed by atoms with van der Waals surface area (Å²) in [5.41, 5.74) is 7.53. The Morgan fingerprint density at radius 1 is 0.688 bits per heavy atom. The fraction of sp³-hybridized carbons (Fsp3) is 0.167. The number of carbonyl (C=O) groups is 5. The van der Waals surface area contributed by atoms with Crippen LogP contribution in [0.5, 0.6) is 34.5 Å². The van der Waals surface area contributed by atoms with Gasteiger partial charge < -0.3 is 55.2 Å². The lowest BCUT2D eigenvalue weighted by molar-refractivity contribution is -0.386. The molecule has 0 aliphatic carbocycles. The number of rotatable bonds is 16. The van der Waals surface area contributed by atoms with Gasteiger partial charge in [0.2, 0.25) is 5.91 Å². The minimum Gasteiger partial charge on any atom is -0.489 e. The van der Waals surface area contributed by atoms with Crippen LogP contribution in [-0.4, -0.2) is 74.2 Å². The number of carboxylic acids is 3. The predicted molar refractivity (Wildman–Crippen MR) is 216 cm³/mol. The quantitative estimate of drug-likeness (QED) is 0.0510. The number of primary amides is 1. The molecule has 0 bridgehead atoms. The molecule has 7 rings (SSSR count). The first-order valence-electron chi connectivity index (χ1n) is 18.5. The lowest BCUT2D eigenvalue weighted by atomic mass is 9.77. The van der Waals surface area contributed by atoms with E-state index in [9.17, 15) is 49.3 Å². The fourth-order valence-corrected chi connectivity index (χ4v) is 6.59. The number of amides is 1. The van der Waals surface area contributed by atoms with Crippen molar-refractivity contribution in [2.75, 3.05) is 13.2 Å². The first kappa shape index (κ1) is 44.8. The van der Waals surface area contributed by atoms with Crippen LogP contribution in [0.2, 0.25) is 0 Å². The standard InChI is InChI=1S/C39H26N2O17.C3H8N2O/c42-34(43)18-55-22-6-10-30(40(49)50)20(12-22)16-53-24-4-8-27-32(14-24)57-33-15-25(54-17-21-13-23(56-19-35(44)45)7-11-31(21)41(51)52)5-9-28(33)39(27)29-3-1-2-26(37(46)47)36(29)38(48)58-39;1-2(4)3(5)6/h1-15H,16-19H2,(H,42,43)(H,44,45)(H,46,47);2H,4H2,1H3,(H2,5,6)/t;2-/m.0/s1. The molecule has 0 fully saturated rings. The second-order valence-electron chi connectivity index (χ2n) is 13.8. The summed E-state index contributed by atoms with van der Waals surface area (Å²) < 4.78 is 34.6. The summed E-state index contributed by atoms with van der Waals surface area (Å²) in [5, 5.41) is 51.4. The molecule has 64 heavy (non-hydrogen) atoms. The van der Waals surface area contributed by atoms with Crippen LogP contribution in [0.15, 0.2) is 91.0 Å². The Bertz CT molecular complexity index is 2600. The van der Waals surface area contributed by atoms with Gasteiger partial charge in [-0.2, -0.15) is 0 Å². The monoisotopic (exact) mass is 882 g/mol. The van der Waals surface area contributed by atoms with E-state index in [1.807, 2.05) is 0 Å².